The molecular weight excluding hydrogens is 146 g/mol. The SMILES string of the molecule is C#CC(N)C1CSCCO1. The van der Waals surface area contributed by atoms with E-state index in [4.69, 9.17) is 16.9 Å². The molecule has 0 aromatic carbocycles. The van der Waals surface area contributed by atoms with Crippen LogP contribution in [0.2, 0.25) is 0 Å². The van der Waals surface area contributed by atoms with Crippen molar-refractivity contribution in [3.63, 3.8) is 0 Å². The van der Waals surface area contributed by atoms with Crippen molar-refractivity contribution in [2.45, 2.75) is 12.1 Å². The summed E-state index contributed by atoms with van der Waals surface area (Å²) >= 11 is 1.85. The zero-order valence-corrected chi connectivity index (χ0v) is 6.56. The van der Waals surface area contributed by atoms with Gasteiger partial charge in [-0.2, -0.15) is 11.8 Å². The minimum absolute atomic E-state index is 0.0729. The fraction of sp³-hybridized carbons (Fsp3) is 0.714. The van der Waals surface area contributed by atoms with Gasteiger partial charge in [-0.3, -0.25) is 0 Å². The van der Waals surface area contributed by atoms with Crippen LogP contribution in [-0.4, -0.2) is 30.3 Å². The van der Waals surface area contributed by atoms with Crippen molar-refractivity contribution >= 4 is 11.8 Å². The maximum absolute atomic E-state index is 5.57. The highest BCUT2D eigenvalue weighted by Gasteiger charge is 2.19. The molecule has 0 saturated carbocycles. The molecule has 0 bridgehead atoms. The summed E-state index contributed by atoms with van der Waals surface area (Å²) < 4.78 is 5.34. The van der Waals surface area contributed by atoms with Crippen LogP contribution in [-0.2, 0) is 4.74 Å². The number of ether oxygens (including phenoxy) is 1. The molecule has 56 valence electrons. The maximum Gasteiger partial charge on any atom is 0.0935 e. The number of hydrogen-bond donors (Lipinski definition) is 1. The number of thioether (sulfide) groups is 1. The van der Waals surface area contributed by atoms with Crippen LogP contribution in [0.1, 0.15) is 0 Å². The first kappa shape index (κ1) is 7.93. The van der Waals surface area contributed by atoms with E-state index in [-0.39, 0.29) is 12.1 Å². The zero-order valence-electron chi connectivity index (χ0n) is 5.75. The summed E-state index contributed by atoms with van der Waals surface area (Å²) in [6.07, 6.45) is 5.21. The molecule has 1 aliphatic rings. The first-order valence-corrected chi connectivity index (χ1v) is 4.41. The third kappa shape index (κ3) is 1.91. The van der Waals surface area contributed by atoms with Crippen LogP contribution in [0.3, 0.4) is 0 Å². The van der Waals surface area contributed by atoms with E-state index in [2.05, 4.69) is 5.92 Å². The van der Waals surface area contributed by atoms with Crippen LogP contribution in [0, 0.1) is 12.3 Å². The smallest absolute Gasteiger partial charge is 0.0935 e. The van der Waals surface area contributed by atoms with Crippen LogP contribution < -0.4 is 5.73 Å². The van der Waals surface area contributed by atoms with Gasteiger partial charge in [-0.25, -0.2) is 0 Å². The Hall–Kier alpha value is -0.170. The Kier molecular flexibility index (Phi) is 3.07. The van der Waals surface area contributed by atoms with Gasteiger partial charge < -0.3 is 10.5 Å². The van der Waals surface area contributed by atoms with Crippen molar-refractivity contribution in [3.8, 4) is 12.3 Å². The predicted molar refractivity (Wildman–Crippen MR) is 43.9 cm³/mol. The summed E-state index contributed by atoms with van der Waals surface area (Å²) in [7, 11) is 0. The summed E-state index contributed by atoms with van der Waals surface area (Å²) in [5.74, 6) is 4.47. The van der Waals surface area contributed by atoms with E-state index < -0.39 is 0 Å². The molecule has 1 fully saturated rings. The molecule has 2 nitrogen and oxygen atoms in total. The van der Waals surface area contributed by atoms with Crippen LogP contribution in [0.5, 0.6) is 0 Å². The molecule has 2 N–H and O–H groups in total. The first-order chi connectivity index (χ1) is 4.84. The molecule has 10 heavy (non-hydrogen) atoms. The Bertz CT molecular complexity index is 137. The molecule has 0 aliphatic carbocycles. The molecule has 0 spiro atoms. The molecular formula is C7H11NOS. The number of nitrogens with two attached hydrogens (primary N) is 1. The van der Waals surface area contributed by atoms with Gasteiger partial charge in [-0.1, -0.05) is 5.92 Å². The molecule has 0 radical (unpaired) electrons. The van der Waals surface area contributed by atoms with Gasteiger partial charge in [0.05, 0.1) is 18.8 Å². The zero-order chi connectivity index (χ0) is 7.40. The number of hydrogen-bond acceptors (Lipinski definition) is 3. The lowest BCUT2D eigenvalue weighted by atomic mass is 10.2. The van der Waals surface area contributed by atoms with Crippen molar-refractivity contribution in [3.05, 3.63) is 0 Å². The largest absolute Gasteiger partial charge is 0.374 e. The van der Waals surface area contributed by atoms with Crippen molar-refractivity contribution in [1.82, 2.24) is 0 Å². The van der Waals surface area contributed by atoms with E-state index in [1.165, 1.54) is 0 Å². The Morgan fingerprint density at radius 2 is 2.60 bits per heavy atom. The Balaban J connectivity index is 2.33. The van der Waals surface area contributed by atoms with E-state index in [0.29, 0.717) is 0 Å². The Morgan fingerprint density at radius 3 is 3.10 bits per heavy atom. The van der Waals surface area contributed by atoms with E-state index in [0.717, 1.165) is 18.1 Å². The Morgan fingerprint density at radius 1 is 1.80 bits per heavy atom. The average Bonchev–Trinajstić information content (AvgIpc) is 2.05. The Labute approximate surface area is 65.5 Å². The van der Waals surface area contributed by atoms with Crippen molar-refractivity contribution < 1.29 is 4.74 Å². The second kappa shape index (κ2) is 3.87. The summed E-state index contributed by atoms with van der Waals surface area (Å²) in [6.45, 7) is 0.782. The predicted octanol–water partition coefficient (Wildman–Crippen LogP) is 0.0789. The minimum atomic E-state index is -0.229. The molecule has 1 rings (SSSR count). The normalized spacial score (nSPS) is 29.0. The van der Waals surface area contributed by atoms with Gasteiger partial charge in [0, 0.05) is 11.5 Å². The highest BCUT2D eigenvalue weighted by Crippen LogP contribution is 2.13. The van der Waals surface area contributed by atoms with Gasteiger partial charge in [0.2, 0.25) is 0 Å². The lowest BCUT2D eigenvalue weighted by Crippen LogP contribution is -2.40. The second-order valence-corrected chi connectivity index (χ2v) is 3.33. The standard InChI is InChI=1S/C7H11NOS/c1-2-6(8)7-5-10-4-3-9-7/h1,6-7H,3-5,8H2. The van der Waals surface area contributed by atoms with Crippen LogP contribution in [0.25, 0.3) is 0 Å². The van der Waals surface area contributed by atoms with E-state index >= 15 is 0 Å². The molecule has 3 heteroatoms. The van der Waals surface area contributed by atoms with Gasteiger partial charge in [-0.05, 0) is 0 Å². The monoisotopic (exact) mass is 157 g/mol. The van der Waals surface area contributed by atoms with E-state index in [9.17, 15) is 0 Å². The third-order valence-electron chi connectivity index (χ3n) is 1.43. The lowest BCUT2D eigenvalue weighted by molar-refractivity contribution is 0.0691. The van der Waals surface area contributed by atoms with Crippen molar-refractivity contribution in [2.24, 2.45) is 5.73 Å². The molecule has 2 atom stereocenters. The molecule has 1 saturated heterocycles. The summed E-state index contributed by atoms with van der Waals surface area (Å²) in [5.41, 5.74) is 5.57. The molecule has 2 unspecified atom stereocenters. The quantitative estimate of drug-likeness (QED) is 0.547. The van der Waals surface area contributed by atoms with Gasteiger partial charge in [0.1, 0.15) is 0 Å². The van der Waals surface area contributed by atoms with Gasteiger partial charge in [0.15, 0.2) is 0 Å². The number of rotatable bonds is 1. The van der Waals surface area contributed by atoms with Crippen LogP contribution in [0.15, 0.2) is 0 Å². The molecule has 0 amide bonds. The van der Waals surface area contributed by atoms with Crippen LogP contribution >= 0.6 is 11.8 Å². The second-order valence-electron chi connectivity index (χ2n) is 2.18. The van der Waals surface area contributed by atoms with E-state index in [1.807, 2.05) is 11.8 Å². The average molecular weight is 157 g/mol. The maximum atomic E-state index is 5.57. The first-order valence-electron chi connectivity index (χ1n) is 3.25. The number of terminal acetylenes is 1. The fourth-order valence-electron chi connectivity index (χ4n) is 0.821. The summed E-state index contributed by atoms with van der Waals surface area (Å²) in [4.78, 5) is 0. The van der Waals surface area contributed by atoms with Crippen molar-refractivity contribution in [2.75, 3.05) is 18.1 Å². The van der Waals surface area contributed by atoms with Crippen LogP contribution in [0.4, 0.5) is 0 Å². The van der Waals surface area contributed by atoms with Crippen molar-refractivity contribution in [1.29, 1.82) is 0 Å². The van der Waals surface area contributed by atoms with Gasteiger partial charge in [0.25, 0.3) is 0 Å². The topological polar surface area (TPSA) is 35.2 Å². The summed E-state index contributed by atoms with van der Waals surface area (Å²) in [5, 5.41) is 0. The molecule has 1 aliphatic heterocycles. The highest BCUT2D eigenvalue weighted by atomic mass is 32.2. The van der Waals surface area contributed by atoms with E-state index in [1.54, 1.807) is 0 Å². The lowest BCUT2D eigenvalue weighted by Gasteiger charge is -2.24. The highest BCUT2D eigenvalue weighted by molar-refractivity contribution is 7.99. The van der Waals surface area contributed by atoms with Gasteiger partial charge >= 0.3 is 0 Å². The van der Waals surface area contributed by atoms with Gasteiger partial charge in [-0.15, -0.1) is 6.42 Å². The third-order valence-corrected chi connectivity index (χ3v) is 2.45. The molecule has 0 aromatic rings. The fourth-order valence-corrected chi connectivity index (χ4v) is 1.74. The molecule has 1 heterocycles. The summed E-state index contributed by atoms with van der Waals surface area (Å²) in [6, 6.07) is -0.229. The molecule has 0 aromatic heterocycles. The minimum Gasteiger partial charge on any atom is -0.374 e.